The summed E-state index contributed by atoms with van der Waals surface area (Å²) in [6, 6.07) is 8.17. The Morgan fingerprint density at radius 2 is 2.08 bits per heavy atom. The average Bonchev–Trinajstić information content (AvgIpc) is 3.20. The van der Waals surface area contributed by atoms with Crippen LogP contribution in [0.3, 0.4) is 0 Å². The number of para-hydroxylation sites is 1. The molecule has 1 aromatic carbocycles. The molecule has 0 amide bonds. The van der Waals surface area contributed by atoms with Crippen molar-refractivity contribution in [3.63, 3.8) is 0 Å². The summed E-state index contributed by atoms with van der Waals surface area (Å²) >= 11 is 0. The van der Waals surface area contributed by atoms with E-state index in [1.165, 1.54) is 0 Å². The predicted octanol–water partition coefficient (Wildman–Crippen LogP) is 2.25. The highest BCUT2D eigenvalue weighted by atomic mass is 16.5. The average molecular weight is 363 g/mol. The fraction of sp³-hybridized carbons (Fsp3) is 0.650. The molecule has 0 aromatic heterocycles. The van der Waals surface area contributed by atoms with Gasteiger partial charge in [0.15, 0.2) is 5.96 Å². The van der Waals surface area contributed by atoms with Crippen molar-refractivity contribution >= 4 is 5.96 Å². The molecule has 1 unspecified atom stereocenters. The largest absolute Gasteiger partial charge is 0.492 e. The predicted molar refractivity (Wildman–Crippen MR) is 107 cm³/mol. The SMILES string of the molecule is CCN(CC)CCOc1ccccc1CNC(=NC)NCC1CCCO1. The maximum absolute atomic E-state index is 6.02. The molecule has 146 valence electrons. The maximum Gasteiger partial charge on any atom is 0.191 e. The van der Waals surface area contributed by atoms with Crippen molar-refractivity contribution in [2.24, 2.45) is 4.99 Å². The molecule has 0 spiro atoms. The third kappa shape index (κ3) is 6.84. The van der Waals surface area contributed by atoms with E-state index in [1.807, 2.05) is 18.2 Å². The Balaban J connectivity index is 1.80. The lowest BCUT2D eigenvalue weighted by Gasteiger charge is -2.19. The minimum absolute atomic E-state index is 0.296. The number of nitrogens with zero attached hydrogens (tertiary/aromatic N) is 2. The Morgan fingerprint density at radius 1 is 1.27 bits per heavy atom. The smallest absolute Gasteiger partial charge is 0.191 e. The first-order chi connectivity index (χ1) is 12.8. The van der Waals surface area contributed by atoms with E-state index in [4.69, 9.17) is 9.47 Å². The van der Waals surface area contributed by atoms with Gasteiger partial charge in [0.25, 0.3) is 0 Å². The molecule has 26 heavy (non-hydrogen) atoms. The van der Waals surface area contributed by atoms with Crippen LogP contribution in [0.1, 0.15) is 32.3 Å². The number of aliphatic imine (C=N–C) groups is 1. The lowest BCUT2D eigenvalue weighted by molar-refractivity contribution is 0.114. The number of benzene rings is 1. The van der Waals surface area contributed by atoms with Crippen LogP contribution in [0.2, 0.25) is 0 Å². The molecule has 1 fully saturated rings. The lowest BCUT2D eigenvalue weighted by atomic mass is 10.2. The van der Waals surface area contributed by atoms with Crippen LogP contribution >= 0.6 is 0 Å². The van der Waals surface area contributed by atoms with E-state index in [2.05, 4.69) is 40.4 Å². The molecular weight excluding hydrogens is 328 g/mol. The molecule has 2 N–H and O–H groups in total. The number of hydrogen-bond acceptors (Lipinski definition) is 4. The monoisotopic (exact) mass is 362 g/mol. The van der Waals surface area contributed by atoms with Crippen molar-refractivity contribution in [1.29, 1.82) is 0 Å². The van der Waals surface area contributed by atoms with E-state index in [0.717, 1.165) is 62.9 Å². The van der Waals surface area contributed by atoms with Gasteiger partial charge in [0.05, 0.1) is 6.10 Å². The van der Waals surface area contributed by atoms with Crippen LogP contribution in [0.25, 0.3) is 0 Å². The Bertz CT molecular complexity index is 540. The highest BCUT2D eigenvalue weighted by Crippen LogP contribution is 2.17. The zero-order chi connectivity index (χ0) is 18.6. The van der Waals surface area contributed by atoms with Gasteiger partial charge in [-0.1, -0.05) is 32.0 Å². The molecule has 0 saturated carbocycles. The molecule has 1 aliphatic rings. The van der Waals surface area contributed by atoms with Gasteiger partial charge in [0.2, 0.25) is 0 Å². The van der Waals surface area contributed by atoms with Gasteiger partial charge in [-0.2, -0.15) is 0 Å². The normalized spacial score (nSPS) is 17.5. The number of ether oxygens (including phenoxy) is 2. The van der Waals surface area contributed by atoms with Gasteiger partial charge in [0.1, 0.15) is 12.4 Å². The third-order valence-corrected chi connectivity index (χ3v) is 4.72. The first kappa shape index (κ1) is 20.5. The summed E-state index contributed by atoms with van der Waals surface area (Å²) in [4.78, 5) is 6.65. The summed E-state index contributed by atoms with van der Waals surface area (Å²) in [5.41, 5.74) is 1.13. The molecule has 1 heterocycles. The molecular formula is C20H34N4O2. The quantitative estimate of drug-likeness (QED) is 0.494. The van der Waals surface area contributed by atoms with Gasteiger partial charge in [0, 0.05) is 38.9 Å². The van der Waals surface area contributed by atoms with E-state index in [9.17, 15) is 0 Å². The molecule has 1 aromatic rings. The number of rotatable bonds is 10. The first-order valence-corrected chi connectivity index (χ1v) is 9.76. The molecule has 6 heteroatoms. The van der Waals surface area contributed by atoms with Gasteiger partial charge >= 0.3 is 0 Å². The van der Waals surface area contributed by atoms with Crippen molar-refractivity contribution in [1.82, 2.24) is 15.5 Å². The third-order valence-electron chi connectivity index (χ3n) is 4.72. The van der Waals surface area contributed by atoms with E-state index in [0.29, 0.717) is 19.3 Å². The van der Waals surface area contributed by atoms with Crippen LogP contribution in [0, 0.1) is 0 Å². The molecule has 1 aliphatic heterocycles. The van der Waals surface area contributed by atoms with Crippen molar-refractivity contribution in [2.75, 3.05) is 46.4 Å². The van der Waals surface area contributed by atoms with E-state index >= 15 is 0 Å². The molecule has 0 radical (unpaired) electrons. The van der Waals surface area contributed by atoms with Crippen LogP contribution in [-0.4, -0.2) is 63.4 Å². The fourth-order valence-electron chi connectivity index (χ4n) is 3.03. The minimum atomic E-state index is 0.296. The molecule has 2 rings (SSSR count). The number of hydrogen-bond donors (Lipinski definition) is 2. The van der Waals surface area contributed by atoms with Gasteiger partial charge < -0.3 is 25.0 Å². The van der Waals surface area contributed by atoms with E-state index in [1.54, 1.807) is 7.05 Å². The first-order valence-electron chi connectivity index (χ1n) is 9.76. The second kappa shape index (κ2) is 11.8. The van der Waals surface area contributed by atoms with Crippen LogP contribution in [0.15, 0.2) is 29.3 Å². The Hall–Kier alpha value is -1.79. The molecule has 1 atom stereocenters. The zero-order valence-electron chi connectivity index (χ0n) is 16.5. The number of guanidine groups is 1. The molecule has 1 saturated heterocycles. The number of likely N-dealkylation sites (N-methyl/N-ethyl adjacent to an activating group) is 1. The van der Waals surface area contributed by atoms with Crippen LogP contribution in [0.5, 0.6) is 5.75 Å². The summed E-state index contributed by atoms with van der Waals surface area (Å²) in [7, 11) is 1.79. The minimum Gasteiger partial charge on any atom is -0.492 e. The highest BCUT2D eigenvalue weighted by molar-refractivity contribution is 5.79. The summed E-state index contributed by atoms with van der Waals surface area (Å²) in [5.74, 6) is 1.72. The summed E-state index contributed by atoms with van der Waals surface area (Å²) in [5, 5.41) is 6.71. The Kier molecular flexibility index (Phi) is 9.28. The van der Waals surface area contributed by atoms with Crippen molar-refractivity contribution in [2.45, 2.75) is 39.3 Å². The van der Waals surface area contributed by atoms with Gasteiger partial charge in [-0.3, -0.25) is 4.99 Å². The Morgan fingerprint density at radius 3 is 2.77 bits per heavy atom. The summed E-state index contributed by atoms with van der Waals surface area (Å²) in [6.07, 6.45) is 2.56. The standard InChI is InChI=1S/C20H34N4O2/c1-4-24(5-2)12-14-26-19-11-7-6-9-17(19)15-22-20(21-3)23-16-18-10-8-13-25-18/h6-7,9,11,18H,4-5,8,10,12-16H2,1-3H3,(H2,21,22,23). The van der Waals surface area contributed by atoms with E-state index < -0.39 is 0 Å². The number of nitrogens with one attached hydrogen (secondary N) is 2. The van der Waals surface area contributed by atoms with Gasteiger partial charge in [-0.15, -0.1) is 0 Å². The Labute approximate surface area is 158 Å². The van der Waals surface area contributed by atoms with Gasteiger partial charge in [-0.25, -0.2) is 0 Å². The molecule has 0 aliphatic carbocycles. The highest BCUT2D eigenvalue weighted by Gasteiger charge is 2.15. The molecule has 0 bridgehead atoms. The molecule has 6 nitrogen and oxygen atoms in total. The maximum atomic E-state index is 6.02. The van der Waals surface area contributed by atoms with Crippen molar-refractivity contribution < 1.29 is 9.47 Å². The summed E-state index contributed by atoms with van der Waals surface area (Å²) in [6.45, 7) is 10.4. The van der Waals surface area contributed by atoms with Gasteiger partial charge in [-0.05, 0) is 32.0 Å². The second-order valence-corrected chi connectivity index (χ2v) is 6.42. The van der Waals surface area contributed by atoms with Crippen LogP contribution in [-0.2, 0) is 11.3 Å². The van der Waals surface area contributed by atoms with E-state index in [-0.39, 0.29) is 0 Å². The lowest BCUT2D eigenvalue weighted by Crippen LogP contribution is -2.40. The topological polar surface area (TPSA) is 58.1 Å². The second-order valence-electron chi connectivity index (χ2n) is 6.42. The zero-order valence-corrected chi connectivity index (χ0v) is 16.5. The fourth-order valence-corrected chi connectivity index (χ4v) is 3.03. The van der Waals surface area contributed by atoms with Crippen molar-refractivity contribution in [3.05, 3.63) is 29.8 Å². The van der Waals surface area contributed by atoms with Crippen LogP contribution in [0.4, 0.5) is 0 Å². The van der Waals surface area contributed by atoms with Crippen molar-refractivity contribution in [3.8, 4) is 5.75 Å². The van der Waals surface area contributed by atoms with Crippen LogP contribution < -0.4 is 15.4 Å². The summed E-state index contributed by atoms with van der Waals surface area (Å²) < 4.78 is 11.7.